The fourth-order valence-corrected chi connectivity index (χ4v) is 1.29. The molecule has 0 aliphatic rings. The predicted molar refractivity (Wildman–Crippen MR) is 55.3 cm³/mol. The molecule has 0 saturated heterocycles. The minimum Gasteiger partial charge on any atom is -0.326 e. The van der Waals surface area contributed by atoms with Crippen molar-refractivity contribution in [3.8, 4) is 11.3 Å². The van der Waals surface area contributed by atoms with Gasteiger partial charge in [-0.1, -0.05) is 6.07 Å². The summed E-state index contributed by atoms with van der Waals surface area (Å²) in [5.74, 6) is -0.515. The van der Waals surface area contributed by atoms with Crippen molar-refractivity contribution in [3.63, 3.8) is 0 Å². The van der Waals surface area contributed by atoms with E-state index in [2.05, 4.69) is 9.97 Å². The lowest BCUT2D eigenvalue weighted by atomic mass is 10.1. The number of rotatable bonds is 2. The van der Waals surface area contributed by atoms with E-state index in [0.29, 0.717) is 11.3 Å². The molecule has 0 amide bonds. The van der Waals surface area contributed by atoms with Gasteiger partial charge in [-0.3, -0.25) is 4.98 Å². The van der Waals surface area contributed by atoms with Gasteiger partial charge in [-0.2, -0.15) is 4.39 Å². The smallest absolute Gasteiger partial charge is 0.217 e. The largest absolute Gasteiger partial charge is 0.326 e. The molecule has 2 aromatic heterocycles. The summed E-state index contributed by atoms with van der Waals surface area (Å²) in [6, 6.07) is 7.00. The molecule has 0 aliphatic carbocycles. The second kappa shape index (κ2) is 4.14. The molecule has 76 valence electrons. The van der Waals surface area contributed by atoms with Gasteiger partial charge < -0.3 is 5.73 Å². The third kappa shape index (κ3) is 1.99. The van der Waals surface area contributed by atoms with Crippen molar-refractivity contribution in [2.45, 2.75) is 6.54 Å². The maximum Gasteiger partial charge on any atom is 0.217 e. The van der Waals surface area contributed by atoms with Crippen LogP contribution in [0.25, 0.3) is 11.3 Å². The summed E-state index contributed by atoms with van der Waals surface area (Å²) in [5, 5.41) is 0. The summed E-state index contributed by atoms with van der Waals surface area (Å²) >= 11 is 0. The quantitative estimate of drug-likeness (QED) is 0.756. The highest BCUT2D eigenvalue weighted by molar-refractivity contribution is 5.57. The maximum atomic E-state index is 13.3. The van der Waals surface area contributed by atoms with Gasteiger partial charge in [0.05, 0.1) is 5.69 Å². The molecule has 0 unspecified atom stereocenters. The first-order valence-corrected chi connectivity index (χ1v) is 4.57. The van der Waals surface area contributed by atoms with Crippen molar-refractivity contribution in [2.24, 2.45) is 5.73 Å². The maximum absolute atomic E-state index is 13.3. The Balaban J connectivity index is 2.43. The Morgan fingerprint density at radius 1 is 1.27 bits per heavy atom. The third-order valence-corrected chi connectivity index (χ3v) is 2.10. The molecule has 0 aliphatic heterocycles. The molecule has 2 aromatic rings. The van der Waals surface area contributed by atoms with Crippen molar-refractivity contribution in [1.82, 2.24) is 9.97 Å². The highest BCUT2D eigenvalue weighted by Gasteiger charge is 2.04. The molecule has 3 nitrogen and oxygen atoms in total. The van der Waals surface area contributed by atoms with Gasteiger partial charge in [0, 0.05) is 30.1 Å². The zero-order valence-electron chi connectivity index (χ0n) is 8.02. The first-order chi connectivity index (χ1) is 7.31. The molecule has 2 rings (SSSR count). The van der Waals surface area contributed by atoms with E-state index in [0.717, 1.165) is 5.56 Å². The highest BCUT2D eigenvalue weighted by atomic mass is 19.1. The van der Waals surface area contributed by atoms with E-state index in [1.54, 1.807) is 30.6 Å². The van der Waals surface area contributed by atoms with E-state index in [4.69, 9.17) is 5.73 Å². The van der Waals surface area contributed by atoms with Gasteiger partial charge in [0.15, 0.2) is 0 Å². The van der Waals surface area contributed by atoms with Gasteiger partial charge in [0.1, 0.15) is 0 Å². The zero-order chi connectivity index (χ0) is 10.7. The fraction of sp³-hybridized carbons (Fsp3) is 0.0909. The number of nitrogens with zero attached hydrogens (tertiary/aromatic N) is 2. The van der Waals surface area contributed by atoms with Crippen LogP contribution in [-0.4, -0.2) is 9.97 Å². The summed E-state index contributed by atoms with van der Waals surface area (Å²) in [5.41, 5.74) is 7.13. The Kier molecular flexibility index (Phi) is 2.69. The van der Waals surface area contributed by atoms with Crippen molar-refractivity contribution in [2.75, 3.05) is 0 Å². The zero-order valence-corrected chi connectivity index (χ0v) is 8.02. The van der Waals surface area contributed by atoms with Crippen molar-refractivity contribution in [1.29, 1.82) is 0 Å². The molecule has 0 aromatic carbocycles. The molecular weight excluding hydrogens is 193 g/mol. The average Bonchev–Trinajstić information content (AvgIpc) is 2.30. The third-order valence-electron chi connectivity index (χ3n) is 2.10. The fourth-order valence-electron chi connectivity index (χ4n) is 1.29. The van der Waals surface area contributed by atoms with Crippen LogP contribution in [0.3, 0.4) is 0 Å². The number of hydrogen-bond donors (Lipinski definition) is 1. The molecule has 2 heterocycles. The molecule has 0 fully saturated rings. The first-order valence-electron chi connectivity index (χ1n) is 4.57. The van der Waals surface area contributed by atoms with Crippen LogP contribution < -0.4 is 5.73 Å². The minimum atomic E-state index is -0.515. The second-order valence-corrected chi connectivity index (χ2v) is 3.09. The minimum absolute atomic E-state index is 0.159. The number of pyridine rings is 2. The van der Waals surface area contributed by atoms with Gasteiger partial charge in [-0.25, -0.2) is 4.98 Å². The van der Waals surface area contributed by atoms with Crippen LogP contribution in [0, 0.1) is 5.95 Å². The number of aromatic nitrogens is 2. The van der Waals surface area contributed by atoms with Gasteiger partial charge in [0.2, 0.25) is 5.95 Å². The lowest BCUT2D eigenvalue weighted by Gasteiger charge is -2.02. The van der Waals surface area contributed by atoms with Crippen molar-refractivity contribution >= 4 is 0 Å². The standard InChI is InChI=1S/C11H10FN3/c12-11-8(6-13)3-4-10(15-11)9-2-1-5-14-7-9/h1-5,7H,6,13H2. The molecule has 4 heteroatoms. The molecular formula is C11H10FN3. The Labute approximate surface area is 86.8 Å². The van der Waals surface area contributed by atoms with Gasteiger partial charge in [-0.15, -0.1) is 0 Å². The molecule has 2 N–H and O–H groups in total. The lowest BCUT2D eigenvalue weighted by Crippen LogP contribution is -2.02. The van der Waals surface area contributed by atoms with E-state index in [-0.39, 0.29) is 6.54 Å². The Morgan fingerprint density at radius 2 is 2.13 bits per heavy atom. The van der Waals surface area contributed by atoms with Gasteiger partial charge in [-0.05, 0) is 18.2 Å². The average molecular weight is 203 g/mol. The number of halogens is 1. The molecule has 0 spiro atoms. The topological polar surface area (TPSA) is 51.8 Å². The van der Waals surface area contributed by atoms with Crippen molar-refractivity contribution < 1.29 is 4.39 Å². The lowest BCUT2D eigenvalue weighted by molar-refractivity contribution is 0.568. The van der Waals surface area contributed by atoms with Crippen LogP contribution in [0.2, 0.25) is 0 Å². The van der Waals surface area contributed by atoms with Crippen LogP contribution in [0.5, 0.6) is 0 Å². The monoisotopic (exact) mass is 203 g/mol. The molecule has 0 radical (unpaired) electrons. The highest BCUT2D eigenvalue weighted by Crippen LogP contribution is 2.16. The van der Waals surface area contributed by atoms with E-state index in [1.165, 1.54) is 0 Å². The summed E-state index contributed by atoms with van der Waals surface area (Å²) in [6.07, 6.45) is 3.30. The SMILES string of the molecule is NCc1ccc(-c2cccnc2)nc1F. The molecule has 15 heavy (non-hydrogen) atoms. The number of nitrogens with two attached hydrogens (primary N) is 1. The Hall–Kier alpha value is -1.81. The molecule has 0 bridgehead atoms. The second-order valence-electron chi connectivity index (χ2n) is 3.09. The summed E-state index contributed by atoms with van der Waals surface area (Å²) in [7, 11) is 0. The summed E-state index contributed by atoms with van der Waals surface area (Å²) < 4.78 is 13.3. The van der Waals surface area contributed by atoms with Crippen LogP contribution >= 0.6 is 0 Å². The van der Waals surface area contributed by atoms with Gasteiger partial charge >= 0.3 is 0 Å². The summed E-state index contributed by atoms with van der Waals surface area (Å²) in [4.78, 5) is 7.77. The molecule has 0 saturated carbocycles. The summed E-state index contributed by atoms with van der Waals surface area (Å²) in [6.45, 7) is 0.159. The Morgan fingerprint density at radius 3 is 2.73 bits per heavy atom. The van der Waals surface area contributed by atoms with Crippen molar-refractivity contribution in [3.05, 3.63) is 48.2 Å². The first kappa shape index (κ1) is 9.73. The molecule has 0 atom stereocenters. The Bertz CT molecular complexity index is 457. The van der Waals surface area contributed by atoms with Gasteiger partial charge in [0.25, 0.3) is 0 Å². The number of hydrogen-bond acceptors (Lipinski definition) is 3. The van der Waals surface area contributed by atoms with Crippen LogP contribution in [0.1, 0.15) is 5.56 Å². The van der Waals surface area contributed by atoms with E-state index in [9.17, 15) is 4.39 Å². The van der Waals surface area contributed by atoms with Crippen LogP contribution in [0.15, 0.2) is 36.7 Å². The van der Waals surface area contributed by atoms with E-state index < -0.39 is 5.95 Å². The van der Waals surface area contributed by atoms with Crippen LogP contribution in [0.4, 0.5) is 4.39 Å². The normalized spacial score (nSPS) is 10.3. The van der Waals surface area contributed by atoms with E-state index in [1.807, 2.05) is 6.07 Å². The van der Waals surface area contributed by atoms with E-state index >= 15 is 0 Å². The van der Waals surface area contributed by atoms with Crippen LogP contribution in [-0.2, 0) is 6.54 Å². The predicted octanol–water partition coefficient (Wildman–Crippen LogP) is 1.74.